The molecule has 1 atom stereocenters. The third-order valence-corrected chi connectivity index (χ3v) is 2.22. The van der Waals surface area contributed by atoms with E-state index in [1.54, 1.807) is 11.8 Å². The van der Waals surface area contributed by atoms with Gasteiger partial charge in [0, 0.05) is 0 Å². The van der Waals surface area contributed by atoms with E-state index < -0.39 is 0 Å². The van der Waals surface area contributed by atoms with Gasteiger partial charge in [-0.25, -0.2) is 15.0 Å². The predicted octanol–water partition coefficient (Wildman–Crippen LogP) is 0.599. The van der Waals surface area contributed by atoms with E-state index in [-0.39, 0.29) is 6.04 Å². The second-order valence-electron chi connectivity index (χ2n) is 2.07. The highest BCUT2D eigenvalue weighted by Gasteiger charge is 2.24. The molecule has 0 radical (unpaired) electrons. The fraction of sp³-hybridized carbons (Fsp3) is 0.333. The average molecular weight is 166 g/mol. The van der Waals surface area contributed by atoms with Crippen molar-refractivity contribution < 1.29 is 0 Å². The Labute approximate surface area is 68.3 Å². The molecule has 56 valence electrons. The summed E-state index contributed by atoms with van der Waals surface area (Å²) in [7, 11) is 0. The van der Waals surface area contributed by atoms with E-state index in [4.69, 9.17) is 0 Å². The van der Waals surface area contributed by atoms with Gasteiger partial charge in [-0.05, 0) is 6.26 Å². The maximum Gasteiger partial charge on any atom is 0.163 e. The molecule has 0 bridgehead atoms. The van der Waals surface area contributed by atoms with Crippen LogP contribution in [0.25, 0.3) is 0 Å². The van der Waals surface area contributed by atoms with Gasteiger partial charge in [-0.1, -0.05) is 0 Å². The Bertz CT molecular complexity index is 289. The number of amidine groups is 1. The van der Waals surface area contributed by atoms with Crippen molar-refractivity contribution in [3.63, 3.8) is 0 Å². The second-order valence-corrected chi connectivity index (χ2v) is 2.90. The lowest BCUT2D eigenvalue weighted by Gasteiger charge is -2.10. The summed E-state index contributed by atoms with van der Waals surface area (Å²) in [6.45, 7) is 0. The van der Waals surface area contributed by atoms with Crippen LogP contribution >= 0.6 is 11.8 Å². The average Bonchev–Trinajstić information content (AvgIpc) is 2.50. The van der Waals surface area contributed by atoms with Crippen molar-refractivity contribution in [1.29, 1.82) is 0 Å². The summed E-state index contributed by atoms with van der Waals surface area (Å²) in [5.74, 6) is 0.754. The first-order valence-corrected chi connectivity index (χ1v) is 4.38. The van der Waals surface area contributed by atoms with Gasteiger partial charge in [0.15, 0.2) is 11.9 Å². The Morgan fingerprint density at radius 2 is 2.27 bits per heavy atom. The Kier molecular flexibility index (Phi) is 1.58. The summed E-state index contributed by atoms with van der Waals surface area (Å²) in [4.78, 5) is 16.2. The van der Waals surface area contributed by atoms with E-state index in [1.165, 1.54) is 12.7 Å². The SMILES string of the molecule is CSC1=NC=NC2=NC=NC21. The number of aliphatic imine (C=N–C) groups is 4. The molecule has 2 aliphatic rings. The Balaban J connectivity index is 2.35. The fourth-order valence-corrected chi connectivity index (χ4v) is 1.50. The van der Waals surface area contributed by atoms with Crippen molar-refractivity contribution >= 4 is 35.3 Å². The zero-order chi connectivity index (χ0) is 7.68. The van der Waals surface area contributed by atoms with Crippen LogP contribution in [-0.4, -0.2) is 35.9 Å². The summed E-state index contributed by atoms with van der Waals surface area (Å²) in [6, 6.07) is -0.0185. The van der Waals surface area contributed by atoms with Crippen LogP contribution in [0.5, 0.6) is 0 Å². The van der Waals surface area contributed by atoms with Gasteiger partial charge in [0.25, 0.3) is 0 Å². The first-order valence-electron chi connectivity index (χ1n) is 3.15. The van der Waals surface area contributed by atoms with Crippen molar-refractivity contribution in [3.8, 4) is 0 Å². The molecule has 0 saturated heterocycles. The number of nitrogens with zero attached hydrogens (tertiary/aromatic N) is 4. The molecule has 2 rings (SSSR count). The summed E-state index contributed by atoms with van der Waals surface area (Å²) in [5, 5.41) is 0.965. The third kappa shape index (κ3) is 1.01. The number of thioether (sulfide) groups is 1. The van der Waals surface area contributed by atoms with Gasteiger partial charge in [0.2, 0.25) is 0 Å². The molecule has 0 aromatic carbocycles. The van der Waals surface area contributed by atoms with Crippen molar-refractivity contribution in [3.05, 3.63) is 0 Å². The molecule has 5 heteroatoms. The van der Waals surface area contributed by atoms with Gasteiger partial charge >= 0.3 is 0 Å². The molecule has 0 N–H and O–H groups in total. The standard InChI is InChI=1S/C6H6N4S/c1-11-6-4-5(8-2-7-4)9-3-10-6/h2-4H,1H3. The second kappa shape index (κ2) is 2.58. The molecule has 4 nitrogen and oxygen atoms in total. The van der Waals surface area contributed by atoms with Gasteiger partial charge in [0.05, 0.1) is 0 Å². The molecular weight excluding hydrogens is 160 g/mol. The molecule has 0 amide bonds. The van der Waals surface area contributed by atoms with Crippen LogP contribution in [0.15, 0.2) is 20.0 Å². The first kappa shape index (κ1) is 6.72. The molecule has 0 aromatic heterocycles. The number of rotatable bonds is 0. The van der Waals surface area contributed by atoms with Gasteiger partial charge < -0.3 is 0 Å². The molecule has 2 heterocycles. The highest BCUT2D eigenvalue weighted by atomic mass is 32.2. The lowest BCUT2D eigenvalue weighted by Crippen LogP contribution is -2.25. The molecular formula is C6H6N4S. The highest BCUT2D eigenvalue weighted by molar-refractivity contribution is 8.13. The van der Waals surface area contributed by atoms with E-state index in [1.807, 2.05) is 6.26 Å². The number of hydrogen-bond donors (Lipinski definition) is 0. The third-order valence-electron chi connectivity index (χ3n) is 1.47. The summed E-state index contributed by atoms with van der Waals surface area (Å²) in [6.07, 6.45) is 5.04. The number of hydrogen-bond acceptors (Lipinski definition) is 5. The van der Waals surface area contributed by atoms with Crippen LogP contribution in [-0.2, 0) is 0 Å². The van der Waals surface area contributed by atoms with Gasteiger partial charge in [0.1, 0.15) is 17.7 Å². The molecule has 1 unspecified atom stereocenters. The molecule has 0 spiro atoms. The monoisotopic (exact) mass is 166 g/mol. The summed E-state index contributed by atoms with van der Waals surface area (Å²) in [5.41, 5.74) is 0. The molecule has 11 heavy (non-hydrogen) atoms. The maximum atomic E-state index is 4.12. The van der Waals surface area contributed by atoms with Crippen LogP contribution in [0.4, 0.5) is 0 Å². The lowest BCUT2D eigenvalue weighted by atomic mass is 10.3. The maximum absolute atomic E-state index is 4.12. The minimum Gasteiger partial charge on any atom is -0.255 e. The van der Waals surface area contributed by atoms with Crippen LogP contribution in [0.3, 0.4) is 0 Å². The smallest absolute Gasteiger partial charge is 0.163 e. The van der Waals surface area contributed by atoms with Crippen molar-refractivity contribution in [2.45, 2.75) is 6.04 Å². The van der Waals surface area contributed by atoms with E-state index in [0.29, 0.717) is 0 Å². The van der Waals surface area contributed by atoms with Crippen LogP contribution < -0.4 is 0 Å². The van der Waals surface area contributed by atoms with Crippen molar-refractivity contribution in [2.75, 3.05) is 6.26 Å². The van der Waals surface area contributed by atoms with E-state index >= 15 is 0 Å². The van der Waals surface area contributed by atoms with Gasteiger partial charge in [-0.15, -0.1) is 11.8 Å². The molecule has 2 aliphatic heterocycles. The van der Waals surface area contributed by atoms with Crippen LogP contribution in [0.2, 0.25) is 0 Å². The van der Waals surface area contributed by atoms with E-state index in [0.717, 1.165) is 10.9 Å². The molecule has 0 fully saturated rings. The van der Waals surface area contributed by atoms with E-state index in [9.17, 15) is 0 Å². The zero-order valence-corrected chi connectivity index (χ0v) is 6.75. The van der Waals surface area contributed by atoms with Crippen LogP contribution in [0.1, 0.15) is 0 Å². The van der Waals surface area contributed by atoms with Crippen molar-refractivity contribution in [1.82, 2.24) is 0 Å². The Hall–Kier alpha value is -0.970. The predicted molar refractivity (Wildman–Crippen MR) is 49.2 cm³/mol. The fourth-order valence-electron chi connectivity index (χ4n) is 0.954. The lowest BCUT2D eigenvalue weighted by molar-refractivity contribution is 1.16. The molecule has 0 aliphatic carbocycles. The normalized spacial score (nSPS) is 26.5. The zero-order valence-electron chi connectivity index (χ0n) is 5.93. The number of fused-ring (bicyclic) bond motifs is 1. The Morgan fingerprint density at radius 1 is 1.36 bits per heavy atom. The minimum absolute atomic E-state index is 0.0185. The minimum atomic E-state index is -0.0185. The largest absolute Gasteiger partial charge is 0.255 e. The van der Waals surface area contributed by atoms with Gasteiger partial charge in [-0.2, -0.15) is 0 Å². The van der Waals surface area contributed by atoms with Crippen molar-refractivity contribution in [2.24, 2.45) is 20.0 Å². The van der Waals surface area contributed by atoms with Crippen LogP contribution in [0, 0.1) is 0 Å². The molecule has 0 saturated carbocycles. The first-order chi connectivity index (χ1) is 5.42. The highest BCUT2D eigenvalue weighted by Crippen LogP contribution is 2.15. The quantitative estimate of drug-likeness (QED) is 0.519. The van der Waals surface area contributed by atoms with E-state index in [2.05, 4.69) is 20.0 Å². The summed E-state index contributed by atoms with van der Waals surface area (Å²) < 4.78 is 0. The molecule has 0 aromatic rings. The topological polar surface area (TPSA) is 49.4 Å². The summed E-state index contributed by atoms with van der Waals surface area (Å²) >= 11 is 1.59. The Morgan fingerprint density at radius 3 is 3.09 bits per heavy atom. The van der Waals surface area contributed by atoms with Gasteiger partial charge in [-0.3, -0.25) is 4.99 Å².